The molecule has 1 aliphatic rings. The number of rotatable bonds is 7. The third-order valence-corrected chi connectivity index (χ3v) is 7.17. The number of nitrogens with zero attached hydrogens (tertiary/aromatic N) is 2. The number of anilines is 1. The van der Waals surface area contributed by atoms with Gasteiger partial charge in [0.25, 0.3) is 10.0 Å². The standard InChI is InChI=1S/C21H20ClN3O4S2/c1-3-12-25-20(27)18(13-19(26)23-16-8-6-15(22)7-9-16)30-21(25)24-31(28,29)17-10-4-14(2)5-11-17/h3-11,18H,1,12-13H2,2H3,(H,23,26)/b24-21+. The Balaban J connectivity index is 1.78. The number of amides is 2. The first-order chi connectivity index (χ1) is 14.7. The average Bonchev–Trinajstić information content (AvgIpc) is 2.98. The molecular weight excluding hydrogens is 458 g/mol. The maximum Gasteiger partial charge on any atom is 0.284 e. The van der Waals surface area contributed by atoms with Crippen LogP contribution in [0.15, 0.2) is 70.5 Å². The van der Waals surface area contributed by atoms with Crippen molar-refractivity contribution in [2.75, 3.05) is 11.9 Å². The summed E-state index contributed by atoms with van der Waals surface area (Å²) >= 11 is 6.79. The van der Waals surface area contributed by atoms with Crippen LogP contribution in [-0.4, -0.2) is 42.1 Å². The van der Waals surface area contributed by atoms with E-state index in [4.69, 9.17) is 11.6 Å². The highest BCUT2D eigenvalue weighted by Crippen LogP contribution is 2.31. The van der Waals surface area contributed by atoms with Crippen molar-refractivity contribution in [3.63, 3.8) is 0 Å². The van der Waals surface area contributed by atoms with Crippen LogP contribution in [0.5, 0.6) is 0 Å². The lowest BCUT2D eigenvalue weighted by Gasteiger charge is -2.13. The molecule has 0 aromatic heterocycles. The Morgan fingerprint density at radius 3 is 2.48 bits per heavy atom. The summed E-state index contributed by atoms with van der Waals surface area (Å²) in [7, 11) is -4.01. The molecule has 2 amide bonds. The summed E-state index contributed by atoms with van der Waals surface area (Å²) in [5.74, 6) is -0.775. The van der Waals surface area contributed by atoms with Gasteiger partial charge in [0.05, 0.1) is 4.90 Å². The number of sulfonamides is 1. The van der Waals surface area contributed by atoms with Crippen molar-refractivity contribution in [2.45, 2.75) is 23.5 Å². The number of thioether (sulfide) groups is 1. The first kappa shape index (κ1) is 23.1. The van der Waals surface area contributed by atoms with Crippen molar-refractivity contribution >= 4 is 56.1 Å². The Bertz CT molecular complexity index is 1130. The van der Waals surface area contributed by atoms with Crippen molar-refractivity contribution < 1.29 is 18.0 Å². The van der Waals surface area contributed by atoms with E-state index in [-0.39, 0.29) is 28.9 Å². The number of carbonyl (C=O) groups is 2. The lowest BCUT2D eigenvalue weighted by Crippen LogP contribution is -2.33. The quantitative estimate of drug-likeness (QED) is 0.611. The normalized spacial score (nSPS) is 17.7. The number of amidine groups is 1. The van der Waals surface area contributed by atoms with Crippen LogP contribution < -0.4 is 5.32 Å². The van der Waals surface area contributed by atoms with E-state index in [1.807, 2.05) is 6.92 Å². The fraction of sp³-hybridized carbons (Fsp3) is 0.190. The Kier molecular flexibility index (Phi) is 7.19. The molecule has 2 aromatic carbocycles. The van der Waals surface area contributed by atoms with E-state index < -0.39 is 21.2 Å². The molecule has 0 radical (unpaired) electrons. The molecule has 1 heterocycles. The maximum atomic E-state index is 12.8. The molecule has 2 aromatic rings. The zero-order valence-electron chi connectivity index (χ0n) is 16.6. The minimum Gasteiger partial charge on any atom is -0.326 e. The van der Waals surface area contributed by atoms with Crippen LogP contribution in [0.25, 0.3) is 0 Å². The van der Waals surface area contributed by atoms with Crippen LogP contribution in [0.2, 0.25) is 5.02 Å². The predicted octanol–water partition coefficient (Wildman–Crippen LogP) is 3.85. The van der Waals surface area contributed by atoms with Gasteiger partial charge in [-0.05, 0) is 43.3 Å². The summed E-state index contributed by atoms with van der Waals surface area (Å²) in [6, 6.07) is 12.8. The van der Waals surface area contributed by atoms with E-state index in [0.717, 1.165) is 17.3 Å². The first-order valence-electron chi connectivity index (χ1n) is 9.25. The highest BCUT2D eigenvalue weighted by molar-refractivity contribution is 8.16. The van der Waals surface area contributed by atoms with E-state index in [1.54, 1.807) is 36.4 Å². The molecule has 1 atom stereocenters. The average molecular weight is 478 g/mol. The SMILES string of the molecule is C=CCN1C(=O)C(CC(=O)Nc2ccc(Cl)cc2)S/C1=N/S(=O)(=O)c1ccc(C)cc1. The first-order valence-corrected chi connectivity index (χ1v) is 12.0. The number of carbonyl (C=O) groups excluding carboxylic acids is 2. The number of hydrogen-bond acceptors (Lipinski definition) is 5. The minimum absolute atomic E-state index is 0.0229. The summed E-state index contributed by atoms with van der Waals surface area (Å²) in [4.78, 5) is 26.4. The second kappa shape index (κ2) is 9.67. The van der Waals surface area contributed by atoms with Crippen LogP contribution in [0.4, 0.5) is 5.69 Å². The fourth-order valence-electron chi connectivity index (χ4n) is 2.79. The smallest absolute Gasteiger partial charge is 0.284 e. The molecule has 1 fully saturated rings. The molecule has 0 saturated carbocycles. The van der Waals surface area contributed by atoms with Crippen molar-refractivity contribution in [1.82, 2.24) is 4.90 Å². The van der Waals surface area contributed by atoms with Gasteiger partial charge in [-0.15, -0.1) is 11.0 Å². The number of nitrogens with one attached hydrogen (secondary N) is 1. The van der Waals surface area contributed by atoms with Crippen LogP contribution in [0, 0.1) is 6.92 Å². The molecule has 31 heavy (non-hydrogen) atoms. The van der Waals surface area contributed by atoms with E-state index in [0.29, 0.717) is 10.7 Å². The summed E-state index contributed by atoms with van der Waals surface area (Å²) < 4.78 is 29.3. The monoisotopic (exact) mass is 477 g/mol. The van der Waals surface area contributed by atoms with Crippen molar-refractivity contribution in [3.8, 4) is 0 Å². The number of halogens is 1. The van der Waals surface area contributed by atoms with E-state index in [1.165, 1.54) is 23.1 Å². The van der Waals surface area contributed by atoms with Gasteiger partial charge in [-0.1, -0.05) is 47.1 Å². The second-order valence-corrected chi connectivity index (χ2v) is 9.98. The number of hydrogen-bond donors (Lipinski definition) is 1. The van der Waals surface area contributed by atoms with Gasteiger partial charge in [-0.2, -0.15) is 8.42 Å². The van der Waals surface area contributed by atoms with Gasteiger partial charge in [-0.3, -0.25) is 14.5 Å². The molecule has 7 nitrogen and oxygen atoms in total. The van der Waals surface area contributed by atoms with Crippen LogP contribution in [-0.2, 0) is 19.6 Å². The largest absolute Gasteiger partial charge is 0.326 e. The van der Waals surface area contributed by atoms with Crippen LogP contribution in [0.1, 0.15) is 12.0 Å². The third-order valence-electron chi connectivity index (χ3n) is 4.35. The summed E-state index contributed by atoms with van der Waals surface area (Å²) in [6.45, 7) is 5.54. The van der Waals surface area contributed by atoms with Crippen molar-refractivity contribution in [3.05, 3.63) is 71.8 Å². The summed E-state index contributed by atoms with van der Waals surface area (Å²) in [6.07, 6.45) is 1.34. The Hall–Kier alpha value is -2.62. The van der Waals surface area contributed by atoms with E-state index in [9.17, 15) is 18.0 Å². The molecule has 1 N–H and O–H groups in total. The topological polar surface area (TPSA) is 95.9 Å². The van der Waals surface area contributed by atoms with Crippen LogP contribution >= 0.6 is 23.4 Å². The molecule has 10 heteroatoms. The molecule has 162 valence electrons. The zero-order valence-corrected chi connectivity index (χ0v) is 19.0. The van der Waals surface area contributed by atoms with Gasteiger partial charge in [-0.25, -0.2) is 0 Å². The molecule has 3 rings (SSSR count). The molecule has 0 spiro atoms. The molecule has 1 aliphatic heterocycles. The highest BCUT2D eigenvalue weighted by Gasteiger charge is 2.39. The fourth-order valence-corrected chi connectivity index (χ4v) is 5.28. The molecule has 1 saturated heterocycles. The van der Waals surface area contributed by atoms with E-state index in [2.05, 4.69) is 16.3 Å². The van der Waals surface area contributed by atoms with Gasteiger partial charge in [0.15, 0.2) is 5.17 Å². The van der Waals surface area contributed by atoms with Gasteiger partial charge in [0, 0.05) is 23.7 Å². The summed E-state index contributed by atoms with van der Waals surface area (Å²) in [5.41, 5.74) is 1.46. The van der Waals surface area contributed by atoms with Gasteiger partial charge in [0.1, 0.15) is 5.25 Å². The van der Waals surface area contributed by atoms with Gasteiger partial charge in [0.2, 0.25) is 11.8 Å². The van der Waals surface area contributed by atoms with Crippen molar-refractivity contribution in [1.29, 1.82) is 0 Å². The van der Waals surface area contributed by atoms with Crippen molar-refractivity contribution in [2.24, 2.45) is 4.40 Å². The highest BCUT2D eigenvalue weighted by atomic mass is 35.5. The van der Waals surface area contributed by atoms with Gasteiger partial charge >= 0.3 is 0 Å². The third kappa shape index (κ3) is 5.75. The summed E-state index contributed by atoms with van der Waals surface area (Å²) in [5, 5.41) is 2.47. The Morgan fingerprint density at radius 2 is 1.87 bits per heavy atom. The number of benzene rings is 2. The van der Waals surface area contributed by atoms with E-state index >= 15 is 0 Å². The Morgan fingerprint density at radius 1 is 1.23 bits per heavy atom. The lowest BCUT2D eigenvalue weighted by molar-refractivity contribution is -0.127. The zero-order chi connectivity index (χ0) is 22.6. The van der Waals surface area contributed by atoms with Crippen LogP contribution in [0.3, 0.4) is 0 Å². The molecule has 0 bridgehead atoms. The molecular formula is C21H20ClN3O4S2. The second-order valence-electron chi connectivity index (χ2n) is 6.77. The Labute approximate surface area is 190 Å². The lowest BCUT2D eigenvalue weighted by atomic mass is 10.2. The predicted molar refractivity (Wildman–Crippen MR) is 124 cm³/mol. The molecule has 1 unspecified atom stereocenters. The minimum atomic E-state index is -4.01. The van der Waals surface area contributed by atoms with Gasteiger partial charge < -0.3 is 5.32 Å². The molecule has 0 aliphatic carbocycles. The number of aryl methyl sites for hydroxylation is 1. The maximum absolute atomic E-state index is 12.8.